The molecule has 1 aromatic carbocycles. The van der Waals surface area contributed by atoms with Crippen LogP contribution in [0.25, 0.3) is 0 Å². The number of nitrogens with one attached hydrogen (secondary N) is 1. The van der Waals surface area contributed by atoms with Crippen molar-refractivity contribution in [2.24, 2.45) is 12.1 Å². The van der Waals surface area contributed by atoms with Gasteiger partial charge in [-0.1, -0.05) is 12.1 Å². The highest BCUT2D eigenvalue weighted by molar-refractivity contribution is 9.10. The van der Waals surface area contributed by atoms with Crippen molar-refractivity contribution >= 4 is 28.1 Å². The smallest absolute Gasteiger partial charge is 0.267 e. The number of hydrazone groups is 1. The van der Waals surface area contributed by atoms with Crippen molar-refractivity contribution in [2.45, 2.75) is 6.92 Å². The van der Waals surface area contributed by atoms with E-state index < -0.39 is 5.95 Å². The van der Waals surface area contributed by atoms with Gasteiger partial charge in [0.05, 0.1) is 23.0 Å². The average molecular weight is 339 g/mol. The summed E-state index contributed by atoms with van der Waals surface area (Å²) in [4.78, 5) is 11.9. The monoisotopic (exact) mass is 338 g/mol. The normalized spacial score (nSPS) is 11.0. The molecule has 0 aliphatic heterocycles. The van der Waals surface area contributed by atoms with Crippen molar-refractivity contribution in [3.05, 3.63) is 51.5 Å². The number of halogens is 2. The number of amides is 1. The van der Waals surface area contributed by atoms with E-state index in [0.29, 0.717) is 15.7 Å². The lowest BCUT2D eigenvalue weighted by atomic mass is 10.2. The van der Waals surface area contributed by atoms with Crippen LogP contribution in [0, 0.1) is 12.9 Å². The van der Waals surface area contributed by atoms with E-state index in [9.17, 15) is 9.18 Å². The van der Waals surface area contributed by atoms with E-state index in [0.717, 1.165) is 4.68 Å². The van der Waals surface area contributed by atoms with E-state index in [1.54, 1.807) is 31.2 Å². The SMILES string of the molecule is Cc1nn(C)c(F)c1/C=N\NC(=O)c1ccccc1Br. The van der Waals surface area contributed by atoms with Crippen molar-refractivity contribution < 1.29 is 9.18 Å². The zero-order valence-electron chi connectivity index (χ0n) is 10.9. The molecule has 0 radical (unpaired) electrons. The van der Waals surface area contributed by atoms with E-state index in [1.165, 1.54) is 13.3 Å². The van der Waals surface area contributed by atoms with Gasteiger partial charge in [0.1, 0.15) is 0 Å². The summed E-state index contributed by atoms with van der Waals surface area (Å²) in [5, 5.41) is 7.67. The van der Waals surface area contributed by atoms with Crippen LogP contribution < -0.4 is 5.43 Å². The molecular formula is C13H12BrFN4O. The van der Waals surface area contributed by atoms with E-state index in [-0.39, 0.29) is 11.5 Å². The van der Waals surface area contributed by atoms with Gasteiger partial charge in [-0.15, -0.1) is 0 Å². The summed E-state index contributed by atoms with van der Waals surface area (Å²) in [5.74, 6) is -0.878. The Morgan fingerprint density at radius 3 is 2.80 bits per heavy atom. The lowest BCUT2D eigenvalue weighted by Gasteiger charge is -2.01. The Morgan fingerprint density at radius 2 is 2.20 bits per heavy atom. The second-order valence-electron chi connectivity index (χ2n) is 4.09. The molecular weight excluding hydrogens is 327 g/mol. The fourth-order valence-corrected chi connectivity index (χ4v) is 2.12. The number of carbonyl (C=O) groups excluding carboxylic acids is 1. The highest BCUT2D eigenvalue weighted by atomic mass is 79.9. The second kappa shape index (κ2) is 5.96. The standard InChI is InChI=1S/C13H12BrFN4O/c1-8-10(12(15)19(2)18-8)7-16-17-13(20)9-5-3-4-6-11(9)14/h3-7H,1-2H3,(H,17,20)/b16-7-. The van der Waals surface area contributed by atoms with Crippen LogP contribution >= 0.6 is 15.9 Å². The number of nitrogens with zero attached hydrogens (tertiary/aromatic N) is 3. The van der Waals surface area contributed by atoms with Gasteiger partial charge in [0.15, 0.2) is 0 Å². The van der Waals surface area contributed by atoms with Gasteiger partial charge in [0.2, 0.25) is 5.95 Å². The molecule has 5 nitrogen and oxygen atoms in total. The molecule has 2 aromatic rings. The lowest BCUT2D eigenvalue weighted by Crippen LogP contribution is -2.18. The molecule has 0 fully saturated rings. The van der Waals surface area contributed by atoms with Crippen LogP contribution in [0.15, 0.2) is 33.8 Å². The van der Waals surface area contributed by atoms with Crippen molar-refractivity contribution in [3.8, 4) is 0 Å². The summed E-state index contributed by atoms with van der Waals surface area (Å²) < 4.78 is 15.4. The number of hydrogen-bond acceptors (Lipinski definition) is 3. The minimum absolute atomic E-state index is 0.250. The maximum absolute atomic E-state index is 13.6. The summed E-state index contributed by atoms with van der Waals surface area (Å²) >= 11 is 3.27. The van der Waals surface area contributed by atoms with Gasteiger partial charge in [-0.05, 0) is 35.0 Å². The number of benzene rings is 1. The Labute approximate surface area is 123 Å². The Balaban J connectivity index is 2.11. The first-order chi connectivity index (χ1) is 9.50. The number of hydrogen-bond donors (Lipinski definition) is 1. The van der Waals surface area contributed by atoms with Crippen molar-refractivity contribution in [2.75, 3.05) is 0 Å². The molecule has 0 aliphatic rings. The van der Waals surface area contributed by atoms with Gasteiger partial charge < -0.3 is 0 Å². The van der Waals surface area contributed by atoms with Gasteiger partial charge in [-0.3, -0.25) is 4.79 Å². The summed E-state index contributed by atoms with van der Waals surface area (Å²) in [7, 11) is 1.50. The van der Waals surface area contributed by atoms with Crippen LogP contribution in [0.3, 0.4) is 0 Å². The molecule has 0 saturated carbocycles. The molecule has 0 saturated heterocycles. The number of aryl methyl sites for hydroxylation is 2. The minimum atomic E-state index is -0.499. The zero-order valence-corrected chi connectivity index (χ0v) is 12.5. The van der Waals surface area contributed by atoms with E-state index in [2.05, 4.69) is 31.6 Å². The average Bonchev–Trinajstić information content (AvgIpc) is 2.65. The maximum atomic E-state index is 13.6. The summed E-state index contributed by atoms with van der Waals surface area (Å²) in [6, 6.07) is 6.96. The van der Waals surface area contributed by atoms with Crippen molar-refractivity contribution in [1.29, 1.82) is 0 Å². The zero-order chi connectivity index (χ0) is 14.7. The molecule has 0 unspecified atom stereocenters. The van der Waals surface area contributed by atoms with Gasteiger partial charge in [0.25, 0.3) is 5.91 Å². The van der Waals surface area contributed by atoms with Crippen LogP contribution in [-0.2, 0) is 7.05 Å². The Hall–Kier alpha value is -2.02. The van der Waals surface area contributed by atoms with Crippen molar-refractivity contribution in [1.82, 2.24) is 15.2 Å². The molecule has 0 bridgehead atoms. The topological polar surface area (TPSA) is 59.3 Å². The van der Waals surface area contributed by atoms with E-state index in [4.69, 9.17) is 0 Å². The molecule has 1 N–H and O–H groups in total. The predicted octanol–water partition coefficient (Wildman–Crippen LogP) is 2.39. The first-order valence-corrected chi connectivity index (χ1v) is 6.57. The second-order valence-corrected chi connectivity index (χ2v) is 4.95. The molecule has 0 aliphatic carbocycles. The molecule has 7 heteroatoms. The number of aromatic nitrogens is 2. The third kappa shape index (κ3) is 2.93. The lowest BCUT2D eigenvalue weighted by molar-refractivity contribution is 0.0954. The highest BCUT2D eigenvalue weighted by Crippen LogP contribution is 2.15. The molecule has 2 rings (SSSR count). The van der Waals surface area contributed by atoms with Crippen LogP contribution in [0.5, 0.6) is 0 Å². The molecule has 1 aromatic heterocycles. The molecule has 0 atom stereocenters. The fourth-order valence-electron chi connectivity index (χ4n) is 1.65. The van der Waals surface area contributed by atoms with Crippen LogP contribution in [-0.4, -0.2) is 21.9 Å². The largest absolute Gasteiger partial charge is 0.272 e. The highest BCUT2D eigenvalue weighted by Gasteiger charge is 2.11. The molecule has 0 spiro atoms. The third-order valence-electron chi connectivity index (χ3n) is 2.67. The fraction of sp³-hybridized carbons (Fsp3) is 0.154. The first-order valence-electron chi connectivity index (χ1n) is 5.77. The molecule has 104 valence electrons. The van der Waals surface area contributed by atoms with Crippen LogP contribution in [0.1, 0.15) is 21.6 Å². The van der Waals surface area contributed by atoms with Crippen LogP contribution in [0.2, 0.25) is 0 Å². The van der Waals surface area contributed by atoms with Gasteiger partial charge >= 0.3 is 0 Å². The maximum Gasteiger partial charge on any atom is 0.272 e. The Morgan fingerprint density at radius 1 is 1.50 bits per heavy atom. The summed E-state index contributed by atoms with van der Waals surface area (Å²) in [6.45, 7) is 1.67. The quantitative estimate of drug-likeness (QED) is 0.690. The molecule has 1 heterocycles. The van der Waals surface area contributed by atoms with E-state index >= 15 is 0 Å². The van der Waals surface area contributed by atoms with E-state index in [1.807, 2.05) is 0 Å². The Kier molecular flexibility index (Phi) is 4.29. The summed E-state index contributed by atoms with van der Waals surface area (Å²) in [5.41, 5.74) is 3.55. The first kappa shape index (κ1) is 14.4. The van der Waals surface area contributed by atoms with Gasteiger partial charge in [-0.2, -0.15) is 14.6 Å². The van der Waals surface area contributed by atoms with Crippen LogP contribution in [0.4, 0.5) is 4.39 Å². The number of rotatable bonds is 3. The third-order valence-corrected chi connectivity index (χ3v) is 3.37. The number of carbonyl (C=O) groups is 1. The molecule has 1 amide bonds. The molecule has 20 heavy (non-hydrogen) atoms. The van der Waals surface area contributed by atoms with Gasteiger partial charge in [0, 0.05) is 11.5 Å². The minimum Gasteiger partial charge on any atom is -0.267 e. The summed E-state index contributed by atoms with van der Waals surface area (Å²) in [6.07, 6.45) is 1.24. The van der Waals surface area contributed by atoms with Gasteiger partial charge in [-0.25, -0.2) is 10.1 Å². The predicted molar refractivity (Wildman–Crippen MR) is 77.1 cm³/mol. The Bertz CT molecular complexity index is 681. The van der Waals surface area contributed by atoms with Crippen molar-refractivity contribution in [3.63, 3.8) is 0 Å².